The van der Waals surface area contributed by atoms with E-state index in [1.807, 2.05) is 12.2 Å². The first-order valence-corrected chi connectivity index (χ1v) is 5.15. The van der Waals surface area contributed by atoms with Crippen molar-refractivity contribution in [3.63, 3.8) is 0 Å². The Labute approximate surface area is 90.1 Å². The van der Waals surface area contributed by atoms with E-state index in [2.05, 4.69) is 13.5 Å². The highest BCUT2D eigenvalue weighted by Crippen LogP contribution is 2.30. The summed E-state index contributed by atoms with van der Waals surface area (Å²) >= 11 is 6.07. The molecule has 1 nitrogen and oxygen atoms in total. The number of Topliss-reactive ketones (excluding diaryl/α,β-unsaturated/α-hetero) is 1. The lowest BCUT2D eigenvalue weighted by Crippen LogP contribution is -2.02. The number of ketones is 1. The molecule has 0 bridgehead atoms. The van der Waals surface area contributed by atoms with Crippen LogP contribution in [0.4, 0.5) is 0 Å². The lowest BCUT2D eigenvalue weighted by molar-refractivity contribution is -0.116. The van der Waals surface area contributed by atoms with Gasteiger partial charge in [0.15, 0.2) is 0 Å². The second kappa shape index (κ2) is 4.61. The highest BCUT2D eigenvalue weighted by atomic mass is 35.5. The Morgan fingerprint density at radius 3 is 2.86 bits per heavy atom. The van der Waals surface area contributed by atoms with Crippen molar-refractivity contribution >= 4 is 17.4 Å². The molecule has 76 valence electrons. The summed E-state index contributed by atoms with van der Waals surface area (Å²) in [7, 11) is 0. The molecule has 0 amide bonds. The molecule has 1 aliphatic rings. The van der Waals surface area contributed by atoms with Crippen LogP contribution in [0.1, 0.15) is 26.7 Å². The molecule has 0 N–H and O–H groups in total. The van der Waals surface area contributed by atoms with Crippen LogP contribution in [0, 0.1) is 5.92 Å². The molecule has 14 heavy (non-hydrogen) atoms. The summed E-state index contributed by atoms with van der Waals surface area (Å²) in [6.07, 6.45) is 5.25. The normalized spacial score (nSPS) is 21.6. The minimum atomic E-state index is 0.194. The molecule has 1 rings (SSSR count). The fraction of sp³-hybridized carbons (Fsp3) is 0.417. The van der Waals surface area contributed by atoms with Gasteiger partial charge in [0.25, 0.3) is 0 Å². The van der Waals surface area contributed by atoms with E-state index in [-0.39, 0.29) is 5.78 Å². The molecular weight excluding hydrogens is 196 g/mol. The monoisotopic (exact) mass is 210 g/mol. The number of allylic oxidation sites excluding steroid dienone is 5. The predicted molar refractivity (Wildman–Crippen MR) is 60.2 cm³/mol. The summed E-state index contributed by atoms with van der Waals surface area (Å²) in [5.74, 6) is 0.503. The van der Waals surface area contributed by atoms with Gasteiger partial charge in [0.2, 0.25) is 0 Å². The van der Waals surface area contributed by atoms with Gasteiger partial charge in [0.05, 0.1) is 0 Å². The Hall–Kier alpha value is -0.820. The maximum atomic E-state index is 10.8. The number of halogens is 1. The maximum Gasteiger partial charge on any atom is 0.130 e. The van der Waals surface area contributed by atoms with Crippen molar-refractivity contribution in [3.05, 3.63) is 34.9 Å². The third-order valence-corrected chi connectivity index (χ3v) is 2.76. The van der Waals surface area contributed by atoms with Gasteiger partial charge in [0.1, 0.15) is 5.78 Å². The largest absolute Gasteiger partial charge is 0.300 e. The Morgan fingerprint density at radius 1 is 1.64 bits per heavy atom. The van der Waals surface area contributed by atoms with Crippen LogP contribution in [0.2, 0.25) is 0 Å². The van der Waals surface area contributed by atoms with Gasteiger partial charge in [-0.25, -0.2) is 0 Å². The summed E-state index contributed by atoms with van der Waals surface area (Å²) in [5, 5.41) is 0.770. The van der Waals surface area contributed by atoms with Crippen molar-refractivity contribution < 1.29 is 4.79 Å². The van der Waals surface area contributed by atoms with Crippen LogP contribution in [0.5, 0.6) is 0 Å². The molecule has 0 saturated carbocycles. The van der Waals surface area contributed by atoms with E-state index in [4.69, 9.17) is 11.6 Å². The smallest absolute Gasteiger partial charge is 0.130 e. The van der Waals surface area contributed by atoms with E-state index in [0.29, 0.717) is 12.3 Å². The average molecular weight is 211 g/mol. The van der Waals surface area contributed by atoms with Crippen molar-refractivity contribution in [1.29, 1.82) is 0 Å². The fourth-order valence-electron chi connectivity index (χ4n) is 1.36. The van der Waals surface area contributed by atoms with E-state index in [9.17, 15) is 4.79 Å². The Bertz CT molecular complexity index is 323. The first-order chi connectivity index (χ1) is 6.50. The molecular formula is C12H15ClO. The van der Waals surface area contributed by atoms with Crippen LogP contribution in [0.3, 0.4) is 0 Å². The van der Waals surface area contributed by atoms with Crippen LogP contribution in [0.25, 0.3) is 0 Å². The molecule has 1 unspecified atom stereocenters. The minimum Gasteiger partial charge on any atom is -0.300 e. The van der Waals surface area contributed by atoms with Crippen molar-refractivity contribution in [2.75, 3.05) is 0 Å². The lowest BCUT2D eigenvalue weighted by Gasteiger charge is -2.17. The summed E-state index contributed by atoms with van der Waals surface area (Å²) in [4.78, 5) is 10.8. The van der Waals surface area contributed by atoms with Gasteiger partial charge in [-0.15, -0.1) is 0 Å². The van der Waals surface area contributed by atoms with Crippen molar-refractivity contribution in [1.82, 2.24) is 0 Å². The van der Waals surface area contributed by atoms with Gasteiger partial charge in [-0.05, 0) is 24.5 Å². The van der Waals surface area contributed by atoms with Gasteiger partial charge in [-0.3, -0.25) is 0 Å². The third-order valence-electron chi connectivity index (χ3n) is 2.39. The molecule has 2 heteroatoms. The van der Waals surface area contributed by atoms with Crippen molar-refractivity contribution in [3.8, 4) is 0 Å². The van der Waals surface area contributed by atoms with E-state index >= 15 is 0 Å². The van der Waals surface area contributed by atoms with E-state index in [1.165, 1.54) is 0 Å². The number of carbonyl (C=O) groups is 1. The maximum absolute atomic E-state index is 10.8. The number of rotatable bonds is 3. The standard InChI is InChI=1S/C12H15ClO/c1-8-6-11(5-4-10(3)14)12(13)7-9(8)2/h6-7,9H,1,4-5H2,2-3H3. The zero-order chi connectivity index (χ0) is 10.7. The van der Waals surface area contributed by atoms with Crippen LogP contribution in [-0.2, 0) is 4.79 Å². The number of hydrogen-bond donors (Lipinski definition) is 0. The Kier molecular flexibility index (Phi) is 3.70. The van der Waals surface area contributed by atoms with Crippen LogP contribution >= 0.6 is 11.6 Å². The molecule has 0 fully saturated rings. The van der Waals surface area contributed by atoms with Gasteiger partial charge >= 0.3 is 0 Å². The van der Waals surface area contributed by atoms with E-state index in [0.717, 1.165) is 22.6 Å². The fourth-order valence-corrected chi connectivity index (χ4v) is 1.70. The highest BCUT2D eigenvalue weighted by molar-refractivity contribution is 6.32. The van der Waals surface area contributed by atoms with Gasteiger partial charge in [0, 0.05) is 17.4 Å². The summed E-state index contributed by atoms with van der Waals surface area (Å²) < 4.78 is 0. The number of carbonyl (C=O) groups excluding carboxylic acids is 1. The molecule has 0 aromatic rings. The zero-order valence-electron chi connectivity index (χ0n) is 8.64. The van der Waals surface area contributed by atoms with Crippen LogP contribution in [-0.4, -0.2) is 5.78 Å². The van der Waals surface area contributed by atoms with Crippen molar-refractivity contribution in [2.45, 2.75) is 26.7 Å². The second-order valence-electron chi connectivity index (χ2n) is 3.75. The Morgan fingerprint density at radius 2 is 2.29 bits per heavy atom. The lowest BCUT2D eigenvalue weighted by atomic mass is 9.92. The van der Waals surface area contributed by atoms with E-state index in [1.54, 1.807) is 6.92 Å². The van der Waals surface area contributed by atoms with Crippen LogP contribution < -0.4 is 0 Å². The third kappa shape index (κ3) is 2.85. The van der Waals surface area contributed by atoms with Crippen molar-refractivity contribution in [2.24, 2.45) is 5.92 Å². The minimum absolute atomic E-state index is 0.194. The van der Waals surface area contributed by atoms with Gasteiger partial charge in [-0.2, -0.15) is 0 Å². The summed E-state index contributed by atoms with van der Waals surface area (Å²) in [6.45, 7) is 7.60. The second-order valence-corrected chi connectivity index (χ2v) is 4.16. The molecule has 0 radical (unpaired) electrons. The molecule has 0 aromatic carbocycles. The topological polar surface area (TPSA) is 17.1 Å². The molecule has 0 aliphatic heterocycles. The van der Waals surface area contributed by atoms with Crippen LogP contribution in [0.15, 0.2) is 34.9 Å². The highest BCUT2D eigenvalue weighted by Gasteiger charge is 2.13. The van der Waals surface area contributed by atoms with E-state index < -0.39 is 0 Å². The molecule has 1 aliphatic carbocycles. The predicted octanol–water partition coefficient (Wildman–Crippen LogP) is 3.61. The zero-order valence-corrected chi connectivity index (χ0v) is 9.40. The number of hydrogen-bond acceptors (Lipinski definition) is 1. The molecule has 0 aromatic heterocycles. The summed E-state index contributed by atoms with van der Waals surface area (Å²) in [6, 6.07) is 0. The van der Waals surface area contributed by atoms with Gasteiger partial charge in [-0.1, -0.05) is 37.3 Å². The molecule has 0 saturated heterocycles. The Balaban J connectivity index is 2.69. The quantitative estimate of drug-likeness (QED) is 0.696. The van der Waals surface area contributed by atoms with Gasteiger partial charge < -0.3 is 4.79 Å². The molecule has 1 atom stereocenters. The molecule has 0 spiro atoms. The molecule has 0 heterocycles. The first kappa shape index (κ1) is 11.3. The summed E-state index contributed by atoms with van der Waals surface area (Å²) in [5.41, 5.74) is 2.10. The SMILES string of the molecule is C=C1C=C(CCC(C)=O)C(Cl)=CC1C. The first-order valence-electron chi connectivity index (χ1n) is 4.77. The average Bonchev–Trinajstić information content (AvgIpc) is 2.09.